The monoisotopic (exact) mass is 276 g/mol. The third kappa shape index (κ3) is 3.82. The maximum Gasteiger partial charge on any atom is 0.321 e. The van der Waals surface area contributed by atoms with Gasteiger partial charge in [-0.25, -0.2) is 8.42 Å². The van der Waals surface area contributed by atoms with Crippen LogP contribution >= 0.6 is 0 Å². The van der Waals surface area contributed by atoms with Gasteiger partial charge in [0.25, 0.3) is 10.0 Å². The molecule has 0 aliphatic carbocycles. The number of hydrogen-bond acceptors (Lipinski definition) is 5. The van der Waals surface area contributed by atoms with Gasteiger partial charge >= 0.3 is 5.97 Å². The maximum absolute atomic E-state index is 11.7. The van der Waals surface area contributed by atoms with Crippen molar-refractivity contribution in [2.45, 2.75) is 23.9 Å². The Morgan fingerprint density at radius 3 is 2.67 bits per heavy atom. The highest BCUT2D eigenvalue weighted by Gasteiger charge is 2.26. The van der Waals surface area contributed by atoms with E-state index in [1.54, 1.807) is 0 Å². The highest BCUT2D eigenvalue weighted by Crippen LogP contribution is 2.06. The smallest absolute Gasteiger partial charge is 0.321 e. The standard InChI is InChI=1S/C8H12N4O5S/c9-6(13)2-1-5(8(14)15)12-18(16,17)7-3-4-10-11-7/h3-5,12H,1-2H2,(H2,9,13)(H,10,11)(H,14,15)/t5-/m0/s1. The number of H-pyrrole nitrogens is 1. The van der Waals surface area contributed by atoms with Gasteiger partial charge in [-0.05, 0) is 12.5 Å². The molecular formula is C8H12N4O5S. The van der Waals surface area contributed by atoms with Crippen LogP contribution in [0.5, 0.6) is 0 Å². The van der Waals surface area contributed by atoms with Gasteiger partial charge in [0.05, 0.1) is 6.20 Å². The molecule has 1 aromatic rings. The van der Waals surface area contributed by atoms with Gasteiger partial charge in [0.15, 0.2) is 5.03 Å². The predicted molar refractivity (Wildman–Crippen MR) is 58.8 cm³/mol. The lowest BCUT2D eigenvalue weighted by atomic mass is 10.2. The first-order chi connectivity index (χ1) is 8.33. The number of nitrogens with one attached hydrogen (secondary N) is 2. The van der Waals surface area contributed by atoms with Crippen LogP contribution < -0.4 is 10.5 Å². The predicted octanol–water partition coefficient (Wildman–Crippen LogP) is -1.59. The van der Waals surface area contributed by atoms with E-state index < -0.39 is 27.9 Å². The summed E-state index contributed by atoms with van der Waals surface area (Å²) in [6, 6.07) is -0.249. The van der Waals surface area contributed by atoms with Gasteiger partial charge in [0.2, 0.25) is 5.91 Å². The number of carboxylic acid groups (broad SMARTS) is 1. The second-order valence-electron chi connectivity index (χ2n) is 3.44. The number of amides is 1. The molecule has 1 amide bonds. The molecule has 10 heteroatoms. The lowest BCUT2D eigenvalue weighted by molar-refractivity contribution is -0.139. The van der Waals surface area contributed by atoms with Crippen LogP contribution in [0.4, 0.5) is 0 Å². The van der Waals surface area contributed by atoms with E-state index in [0.29, 0.717) is 0 Å². The zero-order chi connectivity index (χ0) is 13.8. The first-order valence-electron chi connectivity index (χ1n) is 4.86. The molecule has 0 bridgehead atoms. The van der Waals surface area contributed by atoms with E-state index in [9.17, 15) is 18.0 Å². The number of aromatic nitrogens is 2. The quantitative estimate of drug-likeness (QED) is 0.470. The summed E-state index contributed by atoms with van der Waals surface area (Å²) in [4.78, 5) is 21.4. The molecule has 0 spiro atoms. The van der Waals surface area contributed by atoms with Crippen LogP contribution in [0, 0.1) is 0 Å². The van der Waals surface area contributed by atoms with Crippen LogP contribution in [0.25, 0.3) is 0 Å². The van der Waals surface area contributed by atoms with E-state index in [4.69, 9.17) is 10.8 Å². The summed E-state index contributed by atoms with van der Waals surface area (Å²) in [7, 11) is -4.01. The first kappa shape index (κ1) is 14.1. The molecule has 18 heavy (non-hydrogen) atoms. The SMILES string of the molecule is NC(=O)CC[C@H](NS(=O)(=O)c1ccn[nH]1)C(=O)O. The number of rotatable bonds is 7. The summed E-state index contributed by atoms with van der Waals surface area (Å²) in [5.74, 6) is -2.10. The van der Waals surface area contributed by atoms with Crippen molar-refractivity contribution in [2.75, 3.05) is 0 Å². The summed E-state index contributed by atoms with van der Waals surface area (Å²) in [6.45, 7) is 0. The molecule has 100 valence electrons. The number of carboxylic acids is 1. The Hall–Kier alpha value is -1.94. The molecule has 0 aromatic carbocycles. The molecule has 0 radical (unpaired) electrons. The second-order valence-corrected chi connectivity index (χ2v) is 5.12. The van der Waals surface area contributed by atoms with Crippen LogP contribution in [0.2, 0.25) is 0 Å². The van der Waals surface area contributed by atoms with Gasteiger partial charge in [0, 0.05) is 6.42 Å². The van der Waals surface area contributed by atoms with Gasteiger partial charge in [-0.2, -0.15) is 9.82 Å². The number of aliphatic carboxylic acids is 1. The highest BCUT2D eigenvalue weighted by molar-refractivity contribution is 7.89. The average molecular weight is 276 g/mol. The lowest BCUT2D eigenvalue weighted by Crippen LogP contribution is -2.41. The van der Waals surface area contributed by atoms with E-state index in [1.165, 1.54) is 12.3 Å². The summed E-state index contributed by atoms with van der Waals surface area (Å²) in [5.41, 5.74) is 4.87. The molecule has 0 fully saturated rings. The van der Waals surface area contributed by atoms with Crippen LogP contribution in [0.1, 0.15) is 12.8 Å². The summed E-state index contributed by atoms with van der Waals surface area (Å²) >= 11 is 0. The molecular weight excluding hydrogens is 264 g/mol. The van der Waals surface area contributed by atoms with Gasteiger partial charge in [0.1, 0.15) is 6.04 Å². The number of sulfonamides is 1. The highest BCUT2D eigenvalue weighted by atomic mass is 32.2. The van der Waals surface area contributed by atoms with E-state index in [-0.39, 0.29) is 17.9 Å². The third-order valence-electron chi connectivity index (χ3n) is 2.04. The topological polar surface area (TPSA) is 155 Å². The van der Waals surface area contributed by atoms with Crippen LogP contribution in [0.15, 0.2) is 17.3 Å². The Labute approximate surface area is 102 Å². The van der Waals surface area contributed by atoms with Crippen LogP contribution in [-0.2, 0) is 19.6 Å². The molecule has 0 saturated heterocycles. The summed E-state index contributed by atoms with van der Waals surface area (Å²) < 4.78 is 25.3. The Balaban J connectivity index is 2.78. The molecule has 9 nitrogen and oxygen atoms in total. The van der Waals surface area contributed by atoms with E-state index >= 15 is 0 Å². The molecule has 1 aromatic heterocycles. The number of primary amides is 1. The fourth-order valence-corrected chi connectivity index (χ4v) is 2.30. The van der Waals surface area contributed by atoms with Gasteiger partial charge in [-0.3, -0.25) is 14.7 Å². The fraction of sp³-hybridized carbons (Fsp3) is 0.375. The van der Waals surface area contributed by atoms with Gasteiger partial charge < -0.3 is 10.8 Å². The Morgan fingerprint density at radius 2 is 2.22 bits per heavy atom. The normalized spacial score (nSPS) is 13.1. The number of carbonyl (C=O) groups is 2. The fourth-order valence-electron chi connectivity index (χ4n) is 1.16. The van der Waals surface area contributed by atoms with Crippen molar-refractivity contribution in [3.05, 3.63) is 12.3 Å². The third-order valence-corrected chi connectivity index (χ3v) is 3.44. The molecule has 5 N–H and O–H groups in total. The van der Waals surface area contributed by atoms with Crippen molar-refractivity contribution in [1.29, 1.82) is 0 Å². The minimum Gasteiger partial charge on any atom is -0.480 e. The van der Waals surface area contributed by atoms with Crippen molar-refractivity contribution in [3.8, 4) is 0 Å². The van der Waals surface area contributed by atoms with Crippen molar-refractivity contribution < 1.29 is 23.1 Å². The van der Waals surface area contributed by atoms with Crippen molar-refractivity contribution in [3.63, 3.8) is 0 Å². The number of nitrogens with two attached hydrogens (primary N) is 1. The average Bonchev–Trinajstić information content (AvgIpc) is 2.77. The first-order valence-corrected chi connectivity index (χ1v) is 6.34. The number of hydrogen-bond donors (Lipinski definition) is 4. The minimum atomic E-state index is -4.01. The molecule has 0 aliphatic rings. The van der Waals surface area contributed by atoms with Crippen LogP contribution in [0.3, 0.4) is 0 Å². The summed E-state index contributed by atoms with van der Waals surface area (Å²) in [6.07, 6.45) is 0.758. The molecule has 1 heterocycles. The van der Waals surface area contributed by atoms with Crippen molar-refractivity contribution >= 4 is 21.9 Å². The van der Waals surface area contributed by atoms with Gasteiger partial charge in [-0.15, -0.1) is 0 Å². The Bertz CT molecular complexity index is 524. The van der Waals surface area contributed by atoms with Crippen LogP contribution in [-0.4, -0.2) is 41.6 Å². The zero-order valence-electron chi connectivity index (χ0n) is 9.16. The molecule has 0 saturated carbocycles. The molecule has 0 unspecified atom stereocenters. The van der Waals surface area contributed by atoms with E-state index in [1.807, 2.05) is 4.72 Å². The molecule has 1 rings (SSSR count). The Morgan fingerprint density at radius 1 is 1.56 bits per heavy atom. The van der Waals surface area contributed by atoms with E-state index in [2.05, 4.69) is 10.2 Å². The number of nitrogens with zero attached hydrogens (tertiary/aromatic N) is 1. The van der Waals surface area contributed by atoms with E-state index in [0.717, 1.165) is 0 Å². The number of aromatic amines is 1. The second kappa shape index (κ2) is 5.60. The zero-order valence-corrected chi connectivity index (χ0v) is 9.98. The number of carbonyl (C=O) groups excluding carboxylic acids is 1. The minimum absolute atomic E-state index is 0.224. The van der Waals surface area contributed by atoms with Gasteiger partial charge in [-0.1, -0.05) is 0 Å². The molecule has 1 atom stereocenters. The van der Waals surface area contributed by atoms with Crippen molar-refractivity contribution in [2.24, 2.45) is 5.73 Å². The largest absolute Gasteiger partial charge is 0.480 e. The molecule has 0 aliphatic heterocycles. The summed E-state index contributed by atoms with van der Waals surface area (Å²) in [5, 5.41) is 14.2. The maximum atomic E-state index is 11.7. The van der Waals surface area contributed by atoms with Crippen molar-refractivity contribution in [1.82, 2.24) is 14.9 Å². The Kier molecular flexibility index (Phi) is 4.39. The lowest BCUT2D eigenvalue weighted by Gasteiger charge is -2.12.